The van der Waals surface area contributed by atoms with Crippen molar-refractivity contribution in [1.29, 1.82) is 0 Å². The van der Waals surface area contributed by atoms with Crippen molar-refractivity contribution in [2.45, 2.75) is 37.3 Å². The molecule has 1 aliphatic rings. The van der Waals surface area contributed by atoms with E-state index in [1.165, 1.54) is 18.2 Å². The molecule has 3 N–H and O–H groups in total. The van der Waals surface area contributed by atoms with Crippen molar-refractivity contribution in [2.75, 3.05) is 6.61 Å². The second-order valence-electron chi connectivity index (χ2n) is 7.31. The van der Waals surface area contributed by atoms with Crippen molar-refractivity contribution in [3.63, 3.8) is 0 Å². The maximum absolute atomic E-state index is 12.1. The van der Waals surface area contributed by atoms with Crippen molar-refractivity contribution < 1.29 is 29.6 Å². The number of phenolic OH excluding ortho intramolecular Hbond substituents is 1. The number of hydrogen-bond donors (Lipinski definition) is 3. The number of phenols is 1. The van der Waals surface area contributed by atoms with E-state index in [4.69, 9.17) is 21.1 Å². The Labute approximate surface area is 186 Å². The molecular weight excluding hydrogens is 420 g/mol. The third kappa shape index (κ3) is 6.94. The van der Waals surface area contributed by atoms with Crippen LogP contribution in [0.3, 0.4) is 0 Å². The average Bonchev–Trinajstić information content (AvgIpc) is 2.75. The molecule has 0 aliphatic heterocycles. The van der Waals surface area contributed by atoms with E-state index in [1.54, 1.807) is 24.3 Å². The predicted octanol–water partition coefficient (Wildman–Crippen LogP) is 3.58. The van der Waals surface area contributed by atoms with Gasteiger partial charge in [-0.05, 0) is 35.4 Å². The molecular formula is C24H25ClO6. The van der Waals surface area contributed by atoms with Gasteiger partial charge in [-0.3, -0.25) is 0 Å². The molecule has 0 radical (unpaired) electrons. The first-order valence-electron chi connectivity index (χ1n) is 9.99. The zero-order valence-corrected chi connectivity index (χ0v) is 17.6. The Hall–Kier alpha value is -2.64. The summed E-state index contributed by atoms with van der Waals surface area (Å²) in [4.78, 5) is 12.1. The van der Waals surface area contributed by atoms with Crippen molar-refractivity contribution >= 4 is 29.7 Å². The molecule has 2 aromatic carbocycles. The van der Waals surface area contributed by atoms with Crippen LogP contribution in [0.5, 0.6) is 5.75 Å². The third-order valence-electron chi connectivity index (χ3n) is 4.98. The van der Waals surface area contributed by atoms with Gasteiger partial charge in [0, 0.05) is 23.9 Å². The number of rotatable bonds is 7. The van der Waals surface area contributed by atoms with Gasteiger partial charge in [-0.1, -0.05) is 54.1 Å². The Morgan fingerprint density at radius 3 is 2.55 bits per heavy atom. The molecule has 1 aliphatic carbocycles. The molecule has 0 saturated heterocycles. The van der Waals surface area contributed by atoms with Crippen LogP contribution in [0.1, 0.15) is 24.0 Å². The van der Waals surface area contributed by atoms with Gasteiger partial charge in [-0.15, -0.1) is 0 Å². The standard InChI is InChI=1S/C24H25ClO6/c25-20-6-2-1-4-17(20)5-3-13-30-19-14-21(27)24(29)22(15-19)31-23(28)12-9-16-7-10-18(26)11-8-16/h1-12,19,21-22,24,26-27,29H,13-15H2/b5-3+,12-9+/t19-,21-,22+,24+/m0/s1. The number of carbonyl (C=O) groups is 1. The van der Waals surface area contributed by atoms with Crippen molar-refractivity contribution in [1.82, 2.24) is 0 Å². The van der Waals surface area contributed by atoms with Gasteiger partial charge in [0.15, 0.2) is 0 Å². The summed E-state index contributed by atoms with van der Waals surface area (Å²) in [6.07, 6.45) is 3.50. The maximum atomic E-state index is 12.1. The van der Waals surface area contributed by atoms with Gasteiger partial charge in [0.05, 0.1) is 18.8 Å². The minimum absolute atomic E-state index is 0.131. The quantitative estimate of drug-likeness (QED) is 0.446. The fourth-order valence-electron chi connectivity index (χ4n) is 3.32. The Bertz CT molecular complexity index is 924. The van der Waals surface area contributed by atoms with Crippen LogP contribution in [0.25, 0.3) is 12.2 Å². The lowest BCUT2D eigenvalue weighted by molar-refractivity contribution is -0.169. The topological polar surface area (TPSA) is 96.2 Å². The first-order chi connectivity index (χ1) is 14.9. The smallest absolute Gasteiger partial charge is 0.331 e. The predicted molar refractivity (Wildman–Crippen MR) is 118 cm³/mol. The number of hydrogen-bond acceptors (Lipinski definition) is 6. The summed E-state index contributed by atoms with van der Waals surface area (Å²) in [5.41, 5.74) is 1.59. The molecule has 0 spiro atoms. The average molecular weight is 445 g/mol. The molecule has 0 amide bonds. The van der Waals surface area contributed by atoms with Crippen LogP contribution in [-0.2, 0) is 14.3 Å². The van der Waals surface area contributed by atoms with Gasteiger partial charge in [-0.2, -0.15) is 0 Å². The van der Waals surface area contributed by atoms with Crippen LogP contribution in [-0.4, -0.2) is 52.3 Å². The lowest BCUT2D eigenvalue weighted by atomic mass is 9.89. The summed E-state index contributed by atoms with van der Waals surface area (Å²) in [6.45, 7) is 0.292. The van der Waals surface area contributed by atoms with Gasteiger partial charge >= 0.3 is 5.97 Å². The Morgan fingerprint density at radius 1 is 1.06 bits per heavy atom. The summed E-state index contributed by atoms with van der Waals surface area (Å²) in [5, 5.41) is 30.3. The summed E-state index contributed by atoms with van der Waals surface area (Å²) in [7, 11) is 0. The van der Waals surface area contributed by atoms with Crippen molar-refractivity contribution in [3.8, 4) is 5.75 Å². The molecule has 2 aromatic rings. The minimum Gasteiger partial charge on any atom is -0.508 e. The van der Waals surface area contributed by atoms with E-state index >= 15 is 0 Å². The molecule has 6 nitrogen and oxygen atoms in total. The van der Waals surface area contributed by atoms with Gasteiger partial charge < -0.3 is 24.8 Å². The van der Waals surface area contributed by atoms with Crippen molar-refractivity contribution in [2.24, 2.45) is 0 Å². The molecule has 164 valence electrons. The highest BCUT2D eigenvalue weighted by molar-refractivity contribution is 6.32. The summed E-state index contributed by atoms with van der Waals surface area (Å²) in [6, 6.07) is 13.8. The maximum Gasteiger partial charge on any atom is 0.331 e. The highest BCUT2D eigenvalue weighted by Crippen LogP contribution is 2.25. The fraction of sp³-hybridized carbons (Fsp3) is 0.292. The van der Waals surface area contributed by atoms with Crippen LogP contribution >= 0.6 is 11.6 Å². The van der Waals surface area contributed by atoms with Crippen LogP contribution in [0, 0.1) is 0 Å². The fourth-order valence-corrected chi connectivity index (χ4v) is 3.52. The third-order valence-corrected chi connectivity index (χ3v) is 5.32. The van der Waals surface area contributed by atoms with E-state index in [2.05, 4.69) is 0 Å². The number of carbonyl (C=O) groups excluding carboxylic acids is 1. The second kappa shape index (κ2) is 11.1. The van der Waals surface area contributed by atoms with Crippen LogP contribution in [0.2, 0.25) is 5.02 Å². The molecule has 31 heavy (non-hydrogen) atoms. The minimum atomic E-state index is -1.18. The number of ether oxygens (including phenoxy) is 2. The van der Waals surface area contributed by atoms with E-state index in [0.717, 1.165) is 5.56 Å². The molecule has 1 saturated carbocycles. The second-order valence-corrected chi connectivity index (χ2v) is 7.72. The van der Waals surface area contributed by atoms with Gasteiger partial charge in [0.25, 0.3) is 0 Å². The van der Waals surface area contributed by atoms with E-state index < -0.39 is 24.3 Å². The van der Waals surface area contributed by atoms with E-state index in [0.29, 0.717) is 17.2 Å². The van der Waals surface area contributed by atoms with E-state index in [1.807, 2.05) is 30.4 Å². The van der Waals surface area contributed by atoms with Crippen LogP contribution < -0.4 is 0 Å². The molecule has 3 rings (SSSR count). The summed E-state index contributed by atoms with van der Waals surface area (Å²) in [5.74, 6) is -0.504. The number of aliphatic hydroxyl groups is 2. The number of halogens is 1. The molecule has 1 fully saturated rings. The first kappa shape index (κ1) is 23.0. The van der Waals surface area contributed by atoms with E-state index in [-0.39, 0.29) is 24.7 Å². The Balaban J connectivity index is 1.51. The summed E-state index contributed by atoms with van der Waals surface area (Å²) >= 11 is 6.11. The largest absolute Gasteiger partial charge is 0.508 e. The highest BCUT2D eigenvalue weighted by atomic mass is 35.5. The normalized spacial score (nSPS) is 24.0. The Morgan fingerprint density at radius 2 is 1.81 bits per heavy atom. The molecule has 0 heterocycles. The zero-order chi connectivity index (χ0) is 22.2. The summed E-state index contributed by atoms with van der Waals surface area (Å²) < 4.78 is 11.1. The van der Waals surface area contributed by atoms with Crippen LogP contribution in [0.4, 0.5) is 0 Å². The van der Waals surface area contributed by atoms with Gasteiger partial charge in [0.2, 0.25) is 0 Å². The van der Waals surface area contributed by atoms with Crippen molar-refractivity contribution in [3.05, 3.63) is 76.8 Å². The number of esters is 1. The first-order valence-corrected chi connectivity index (χ1v) is 10.4. The Kier molecular flexibility index (Phi) is 8.26. The molecule has 0 bridgehead atoms. The van der Waals surface area contributed by atoms with Crippen LogP contribution in [0.15, 0.2) is 60.7 Å². The number of aromatic hydroxyl groups is 1. The molecule has 7 heteroatoms. The highest BCUT2D eigenvalue weighted by Gasteiger charge is 2.38. The number of benzene rings is 2. The molecule has 0 aromatic heterocycles. The monoisotopic (exact) mass is 444 g/mol. The molecule has 4 atom stereocenters. The lowest BCUT2D eigenvalue weighted by Gasteiger charge is -2.35. The van der Waals surface area contributed by atoms with Gasteiger partial charge in [-0.25, -0.2) is 4.79 Å². The lowest BCUT2D eigenvalue weighted by Crippen LogP contribution is -2.48. The van der Waals surface area contributed by atoms with Gasteiger partial charge in [0.1, 0.15) is 18.0 Å². The molecule has 0 unspecified atom stereocenters. The zero-order valence-electron chi connectivity index (χ0n) is 16.8. The van der Waals surface area contributed by atoms with E-state index in [9.17, 15) is 20.1 Å². The SMILES string of the molecule is O=C(/C=C/c1ccc(O)cc1)O[C@@H]1C[C@@H](OC/C=C/c2ccccc2Cl)C[C@H](O)[C@H]1O. The number of aliphatic hydroxyl groups excluding tert-OH is 2.